The highest BCUT2D eigenvalue weighted by molar-refractivity contribution is 7.89. The number of hydrogen-bond acceptors (Lipinski definition) is 3. The van der Waals surface area contributed by atoms with Gasteiger partial charge in [0.2, 0.25) is 10.0 Å². The fourth-order valence-corrected chi connectivity index (χ4v) is 4.65. The molecule has 0 aromatic heterocycles. The van der Waals surface area contributed by atoms with Crippen LogP contribution in [0.25, 0.3) is 0 Å². The largest absolute Gasteiger partial charge is 0.497 e. The summed E-state index contributed by atoms with van der Waals surface area (Å²) in [7, 11) is -1.81. The fourth-order valence-electron chi connectivity index (χ4n) is 2.54. The summed E-state index contributed by atoms with van der Waals surface area (Å²) in [5.41, 5.74) is 1.49. The van der Waals surface area contributed by atoms with Crippen LogP contribution in [-0.2, 0) is 10.0 Å². The van der Waals surface area contributed by atoms with Crippen LogP contribution in [0.4, 0.5) is 0 Å². The summed E-state index contributed by atoms with van der Waals surface area (Å²) < 4.78 is 32.3. The average molecular weight is 283 g/mol. The smallest absolute Gasteiger partial charge is 0.243 e. The van der Waals surface area contributed by atoms with Crippen molar-refractivity contribution in [2.45, 2.75) is 44.6 Å². The van der Waals surface area contributed by atoms with Crippen molar-refractivity contribution in [3.05, 3.63) is 23.3 Å². The van der Waals surface area contributed by atoms with E-state index in [9.17, 15) is 8.42 Å². The molecule has 0 unspecified atom stereocenters. The van der Waals surface area contributed by atoms with Gasteiger partial charge in [0, 0.05) is 12.6 Å². The third kappa shape index (κ3) is 2.62. The van der Waals surface area contributed by atoms with Crippen molar-refractivity contribution in [3.63, 3.8) is 0 Å². The Kier molecular flexibility index (Phi) is 3.87. The van der Waals surface area contributed by atoms with Gasteiger partial charge in [0.1, 0.15) is 5.75 Å². The van der Waals surface area contributed by atoms with Crippen molar-refractivity contribution in [2.24, 2.45) is 0 Å². The monoisotopic (exact) mass is 283 g/mol. The molecule has 0 amide bonds. The molecule has 0 bridgehead atoms. The zero-order valence-electron chi connectivity index (χ0n) is 11.9. The van der Waals surface area contributed by atoms with Crippen molar-refractivity contribution in [2.75, 3.05) is 13.7 Å². The highest BCUT2D eigenvalue weighted by Crippen LogP contribution is 2.35. The van der Waals surface area contributed by atoms with E-state index in [1.54, 1.807) is 23.5 Å². The highest BCUT2D eigenvalue weighted by Gasteiger charge is 2.38. The van der Waals surface area contributed by atoms with E-state index in [0.29, 0.717) is 17.2 Å². The lowest BCUT2D eigenvalue weighted by Gasteiger charge is -2.22. The summed E-state index contributed by atoms with van der Waals surface area (Å²) in [6.07, 6.45) is 1.95. The first-order valence-corrected chi connectivity index (χ1v) is 8.03. The first-order valence-electron chi connectivity index (χ1n) is 6.59. The summed E-state index contributed by atoms with van der Waals surface area (Å²) in [5.74, 6) is 0.698. The van der Waals surface area contributed by atoms with Gasteiger partial charge in [-0.2, -0.15) is 4.31 Å². The number of aryl methyl sites for hydroxylation is 2. The Morgan fingerprint density at radius 2 is 1.79 bits per heavy atom. The Labute approximate surface area is 115 Å². The number of benzene rings is 1. The van der Waals surface area contributed by atoms with Gasteiger partial charge in [0.05, 0.1) is 12.0 Å². The van der Waals surface area contributed by atoms with Gasteiger partial charge in [-0.25, -0.2) is 8.42 Å². The van der Waals surface area contributed by atoms with Crippen LogP contribution >= 0.6 is 0 Å². The number of methoxy groups -OCH3 is 1. The standard InChI is InChI=1S/C14H21NO3S/c1-5-15(12-6-7-12)19(16,17)14-10(2)8-13(18-4)9-11(14)3/h8-9,12H,5-7H2,1-4H3. The maximum atomic E-state index is 12.8. The van der Waals surface area contributed by atoms with Crippen LogP contribution in [0.2, 0.25) is 0 Å². The molecule has 1 aliphatic rings. The summed E-state index contributed by atoms with van der Waals surface area (Å²) in [4.78, 5) is 0.432. The zero-order valence-corrected chi connectivity index (χ0v) is 12.8. The van der Waals surface area contributed by atoms with Crippen LogP contribution in [-0.4, -0.2) is 32.4 Å². The van der Waals surface area contributed by atoms with Gasteiger partial charge in [-0.05, 0) is 49.9 Å². The second-order valence-corrected chi connectivity index (χ2v) is 6.86. The molecule has 0 saturated heterocycles. The third-order valence-corrected chi connectivity index (χ3v) is 5.84. The molecule has 0 heterocycles. The Hall–Kier alpha value is -1.07. The lowest BCUT2D eigenvalue weighted by Crippen LogP contribution is -2.33. The SMILES string of the molecule is CCN(C1CC1)S(=O)(=O)c1c(C)cc(OC)cc1C. The van der Waals surface area contributed by atoms with Crippen LogP contribution < -0.4 is 4.74 Å². The molecule has 0 radical (unpaired) electrons. The van der Waals surface area contributed by atoms with Gasteiger partial charge in [-0.1, -0.05) is 6.92 Å². The van der Waals surface area contributed by atoms with Gasteiger partial charge in [-0.15, -0.1) is 0 Å². The van der Waals surface area contributed by atoms with Crippen LogP contribution in [0.3, 0.4) is 0 Å². The molecule has 0 atom stereocenters. The summed E-state index contributed by atoms with van der Waals surface area (Å²) in [5, 5.41) is 0. The molecule has 1 fully saturated rings. The average Bonchev–Trinajstić information content (AvgIpc) is 3.12. The van der Waals surface area contributed by atoms with Crippen molar-refractivity contribution in [3.8, 4) is 5.75 Å². The fraction of sp³-hybridized carbons (Fsp3) is 0.571. The molecule has 1 saturated carbocycles. The van der Waals surface area contributed by atoms with Crippen LogP contribution in [0.1, 0.15) is 30.9 Å². The van der Waals surface area contributed by atoms with Crippen molar-refractivity contribution >= 4 is 10.0 Å². The topological polar surface area (TPSA) is 46.6 Å². The van der Waals surface area contributed by atoms with E-state index in [1.165, 1.54) is 0 Å². The molecule has 2 rings (SSSR count). The van der Waals surface area contributed by atoms with Crippen molar-refractivity contribution in [1.82, 2.24) is 4.31 Å². The van der Waals surface area contributed by atoms with E-state index in [2.05, 4.69) is 0 Å². The Morgan fingerprint density at radius 3 is 2.16 bits per heavy atom. The summed E-state index contributed by atoms with van der Waals surface area (Å²) >= 11 is 0. The summed E-state index contributed by atoms with van der Waals surface area (Å²) in [6.45, 7) is 6.06. The zero-order chi connectivity index (χ0) is 14.2. The van der Waals surface area contributed by atoms with E-state index in [4.69, 9.17) is 4.74 Å². The normalized spacial score (nSPS) is 15.8. The van der Waals surface area contributed by atoms with Crippen molar-refractivity contribution < 1.29 is 13.2 Å². The first-order chi connectivity index (χ1) is 8.91. The third-order valence-electron chi connectivity index (χ3n) is 3.50. The van der Waals surface area contributed by atoms with E-state index in [1.807, 2.05) is 20.8 Å². The molecule has 106 valence electrons. The van der Waals surface area contributed by atoms with Gasteiger partial charge in [0.15, 0.2) is 0 Å². The Balaban J connectivity index is 2.51. The second-order valence-electron chi connectivity index (χ2n) is 5.03. The van der Waals surface area contributed by atoms with E-state index in [0.717, 1.165) is 24.0 Å². The predicted molar refractivity (Wildman–Crippen MR) is 75.1 cm³/mol. The second kappa shape index (κ2) is 5.13. The molecule has 0 aliphatic heterocycles. The highest BCUT2D eigenvalue weighted by atomic mass is 32.2. The lowest BCUT2D eigenvalue weighted by molar-refractivity contribution is 0.411. The van der Waals surface area contributed by atoms with Gasteiger partial charge in [-0.3, -0.25) is 0 Å². The predicted octanol–water partition coefficient (Wildman–Crippen LogP) is 2.49. The maximum absolute atomic E-state index is 12.8. The molecule has 5 heteroatoms. The molecule has 1 aromatic carbocycles. The molecule has 1 aromatic rings. The van der Waals surface area contributed by atoms with E-state index >= 15 is 0 Å². The van der Waals surface area contributed by atoms with Crippen LogP contribution in [0, 0.1) is 13.8 Å². The summed E-state index contributed by atoms with van der Waals surface area (Å²) in [6, 6.07) is 3.75. The number of sulfonamides is 1. The Bertz CT molecular complexity index is 553. The number of ether oxygens (including phenoxy) is 1. The van der Waals surface area contributed by atoms with E-state index < -0.39 is 10.0 Å². The first kappa shape index (κ1) is 14.3. The van der Waals surface area contributed by atoms with Gasteiger partial charge < -0.3 is 4.74 Å². The maximum Gasteiger partial charge on any atom is 0.243 e. The molecule has 19 heavy (non-hydrogen) atoms. The molecule has 1 aliphatic carbocycles. The van der Waals surface area contributed by atoms with Crippen LogP contribution in [0.5, 0.6) is 5.75 Å². The number of nitrogens with zero attached hydrogens (tertiary/aromatic N) is 1. The molecular weight excluding hydrogens is 262 g/mol. The minimum absolute atomic E-state index is 0.191. The van der Waals surface area contributed by atoms with E-state index in [-0.39, 0.29) is 6.04 Å². The molecule has 0 N–H and O–H groups in total. The van der Waals surface area contributed by atoms with Gasteiger partial charge >= 0.3 is 0 Å². The number of hydrogen-bond donors (Lipinski definition) is 0. The molecule has 0 spiro atoms. The quantitative estimate of drug-likeness (QED) is 0.834. The van der Waals surface area contributed by atoms with Gasteiger partial charge in [0.25, 0.3) is 0 Å². The Morgan fingerprint density at radius 1 is 1.26 bits per heavy atom. The van der Waals surface area contributed by atoms with Crippen LogP contribution in [0.15, 0.2) is 17.0 Å². The number of rotatable bonds is 5. The minimum atomic E-state index is -3.40. The molecule has 4 nitrogen and oxygen atoms in total. The lowest BCUT2D eigenvalue weighted by atomic mass is 10.1. The van der Waals surface area contributed by atoms with Crippen molar-refractivity contribution in [1.29, 1.82) is 0 Å². The minimum Gasteiger partial charge on any atom is -0.497 e. The molecular formula is C14H21NO3S.